The molecule has 0 bridgehead atoms. The van der Waals surface area contributed by atoms with Crippen LogP contribution in [0.3, 0.4) is 0 Å². The second-order valence-corrected chi connectivity index (χ2v) is 9.75. The molecule has 1 aromatic heterocycles. The van der Waals surface area contributed by atoms with Crippen molar-refractivity contribution in [1.29, 1.82) is 0 Å². The molecule has 0 saturated carbocycles. The molecule has 3 rings (SSSR count). The minimum atomic E-state index is -0.00735. The number of likely N-dealkylation sites (N-methyl/N-ethyl adjacent to an activating group) is 1. The van der Waals surface area contributed by atoms with Gasteiger partial charge in [0.15, 0.2) is 5.78 Å². The fourth-order valence-electron chi connectivity index (χ4n) is 3.44. The molecule has 0 radical (unpaired) electrons. The Morgan fingerprint density at radius 2 is 2.07 bits per heavy atom. The lowest BCUT2D eigenvalue weighted by Crippen LogP contribution is -2.30. The number of halogens is 2. The molecule has 0 amide bonds. The molecule has 4 nitrogen and oxygen atoms in total. The van der Waals surface area contributed by atoms with E-state index in [-0.39, 0.29) is 15.8 Å². The van der Waals surface area contributed by atoms with Gasteiger partial charge in [0.25, 0.3) is 0 Å². The van der Waals surface area contributed by atoms with Crippen LogP contribution in [-0.4, -0.2) is 35.5 Å². The number of fused-ring (bicyclic) bond motifs is 1. The molecule has 0 saturated heterocycles. The van der Waals surface area contributed by atoms with Crippen molar-refractivity contribution in [2.75, 3.05) is 19.7 Å². The van der Waals surface area contributed by atoms with Gasteiger partial charge in [-0.15, -0.1) is 0 Å². The van der Waals surface area contributed by atoms with E-state index in [1.807, 2.05) is 36.4 Å². The molecule has 0 aliphatic heterocycles. The van der Waals surface area contributed by atoms with E-state index in [0.29, 0.717) is 6.61 Å². The highest BCUT2D eigenvalue weighted by Crippen LogP contribution is 2.35. The van der Waals surface area contributed by atoms with Crippen LogP contribution in [0.15, 0.2) is 50.0 Å². The minimum Gasteiger partial charge on any atom is -0.460 e. The average molecular weight is 619 g/mol. The van der Waals surface area contributed by atoms with Gasteiger partial charge in [-0.3, -0.25) is 4.79 Å². The number of Topliss-reactive ketones (excluding diaryl/α,β-unsaturated/α-hetero) is 1. The van der Waals surface area contributed by atoms with Gasteiger partial charge in [0.2, 0.25) is 0 Å². The third-order valence-electron chi connectivity index (χ3n) is 4.93. The fraction of sp³-hybridized carbons (Fsp3) is 0.435. The molecule has 1 aliphatic rings. The highest BCUT2D eigenvalue weighted by atomic mass is 127. The third kappa shape index (κ3) is 5.51. The van der Waals surface area contributed by atoms with Crippen molar-refractivity contribution >= 4 is 61.9 Å². The second-order valence-electron chi connectivity index (χ2n) is 7.07. The number of hydrogen-bond donors (Lipinski definition) is 1. The van der Waals surface area contributed by atoms with Gasteiger partial charge in [-0.1, -0.05) is 67.1 Å². The van der Waals surface area contributed by atoms with E-state index >= 15 is 0 Å². The largest absolute Gasteiger partial charge is 0.460 e. The number of allylic oxidation sites excluding steroid dienone is 2. The third-order valence-corrected chi connectivity index (χ3v) is 6.87. The Morgan fingerprint density at radius 1 is 1.28 bits per heavy atom. The Labute approximate surface area is 199 Å². The maximum Gasteiger partial charge on any atom is 0.196 e. The lowest BCUT2D eigenvalue weighted by atomic mass is 9.94. The van der Waals surface area contributed by atoms with Crippen molar-refractivity contribution < 1.29 is 13.9 Å². The van der Waals surface area contributed by atoms with Crippen LogP contribution in [0.2, 0.25) is 0 Å². The number of ketones is 1. The molecule has 1 N–H and O–H groups in total. The molecule has 0 fully saturated rings. The molecule has 1 heterocycles. The Bertz CT molecular complexity index is 916. The first-order valence-corrected chi connectivity index (χ1v) is 12.5. The average Bonchev–Trinajstić information content (AvgIpc) is 3.08. The minimum absolute atomic E-state index is 0.00735. The van der Waals surface area contributed by atoms with Crippen LogP contribution < -0.4 is 5.32 Å². The van der Waals surface area contributed by atoms with Crippen LogP contribution in [-0.2, 0) is 11.2 Å². The molecule has 2 aromatic rings. The first-order valence-electron chi connectivity index (χ1n) is 10.2. The number of carbonyl (C=O) groups excluding carboxylic acids is 1. The standard InChI is InChI=1S/C23H27I2NO3/c1-3-5-9-20-21(16-8-6-7-10-19(16)29-20)22(27)15-13-17(24)23(18(25)14-15)28-12-11-26-4-2/h6-8,10,13-14,17,23,26H,3-5,9,11-12H2,1-2H3. The predicted molar refractivity (Wildman–Crippen MR) is 135 cm³/mol. The zero-order valence-corrected chi connectivity index (χ0v) is 21.2. The number of carbonyl (C=O) groups is 1. The Kier molecular flexibility index (Phi) is 8.76. The Hall–Kier alpha value is -0.710. The molecule has 6 heteroatoms. The second kappa shape index (κ2) is 11.1. The monoisotopic (exact) mass is 619 g/mol. The number of ether oxygens (including phenoxy) is 1. The number of benzene rings is 1. The maximum atomic E-state index is 13.5. The molecular weight excluding hydrogens is 592 g/mol. The molecule has 29 heavy (non-hydrogen) atoms. The van der Waals surface area contributed by atoms with Crippen LogP contribution in [0.25, 0.3) is 11.0 Å². The van der Waals surface area contributed by atoms with Gasteiger partial charge in [0.05, 0.1) is 16.1 Å². The summed E-state index contributed by atoms with van der Waals surface area (Å²) in [6.07, 6.45) is 6.85. The summed E-state index contributed by atoms with van der Waals surface area (Å²) in [5.41, 5.74) is 2.23. The van der Waals surface area contributed by atoms with Gasteiger partial charge < -0.3 is 14.5 Å². The molecule has 2 unspecified atom stereocenters. The van der Waals surface area contributed by atoms with E-state index in [1.165, 1.54) is 0 Å². The summed E-state index contributed by atoms with van der Waals surface area (Å²) < 4.78 is 13.3. The van der Waals surface area contributed by atoms with Crippen molar-refractivity contribution in [2.45, 2.75) is 43.1 Å². The van der Waals surface area contributed by atoms with Crippen molar-refractivity contribution in [3.63, 3.8) is 0 Å². The van der Waals surface area contributed by atoms with Gasteiger partial charge in [0, 0.05) is 27.5 Å². The van der Waals surface area contributed by atoms with Gasteiger partial charge in [0.1, 0.15) is 17.4 Å². The molecule has 2 atom stereocenters. The maximum absolute atomic E-state index is 13.5. The first-order chi connectivity index (χ1) is 14.1. The van der Waals surface area contributed by atoms with E-state index in [9.17, 15) is 4.79 Å². The van der Waals surface area contributed by atoms with Crippen molar-refractivity contribution in [1.82, 2.24) is 5.32 Å². The fourth-order valence-corrected chi connectivity index (χ4v) is 6.01. The quantitative estimate of drug-likeness (QED) is 0.153. The summed E-state index contributed by atoms with van der Waals surface area (Å²) in [6, 6.07) is 7.82. The number of alkyl halides is 1. The zero-order valence-electron chi connectivity index (χ0n) is 16.8. The summed E-state index contributed by atoms with van der Waals surface area (Å²) in [4.78, 5) is 13.5. The van der Waals surface area contributed by atoms with Crippen LogP contribution in [0.5, 0.6) is 0 Å². The van der Waals surface area contributed by atoms with E-state index in [4.69, 9.17) is 9.15 Å². The Morgan fingerprint density at radius 3 is 2.79 bits per heavy atom. The highest BCUT2D eigenvalue weighted by Gasteiger charge is 2.29. The van der Waals surface area contributed by atoms with Crippen molar-refractivity contribution in [2.24, 2.45) is 0 Å². The normalized spacial score (nSPS) is 19.3. The lowest BCUT2D eigenvalue weighted by Gasteiger charge is -2.25. The number of aryl methyl sites for hydroxylation is 1. The molecular formula is C23H27I2NO3. The number of nitrogens with one attached hydrogen (secondary N) is 1. The van der Waals surface area contributed by atoms with Crippen LogP contribution >= 0.6 is 45.2 Å². The SMILES string of the molecule is CCCCc1oc2ccccc2c1C(=O)C1=CC(I)C(OCCNCC)C(I)=C1. The Balaban J connectivity index is 1.85. The molecule has 1 aliphatic carbocycles. The van der Waals surface area contributed by atoms with E-state index in [0.717, 1.165) is 63.8 Å². The first kappa shape index (κ1) is 23.0. The molecule has 156 valence electrons. The van der Waals surface area contributed by atoms with Gasteiger partial charge in [-0.25, -0.2) is 0 Å². The number of para-hydroxylation sites is 1. The number of hydrogen-bond acceptors (Lipinski definition) is 4. The van der Waals surface area contributed by atoms with E-state index in [2.05, 4.69) is 64.3 Å². The van der Waals surface area contributed by atoms with E-state index in [1.54, 1.807) is 0 Å². The number of rotatable bonds is 10. The smallest absolute Gasteiger partial charge is 0.196 e. The van der Waals surface area contributed by atoms with Crippen LogP contribution in [0, 0.1) is 0 Å². The van der Waals surface area contributed by atoms with Crippen LogP contribution in [0.4, 0.5) is 0 Å². The summed E-state index contributed by atoms with van der Waals surface area (Å²) >= 11 is 4.67. The predicted octanol–water partition coefficient (Wildman–Crippen LogP) is 6.02. The zero-order chi connectivity index (χ0) is 20.8. The summed E-state index contributed by atoms with van der Waals surface area (Å²) in [5, 5.41) is 4.18. The number of furan rings is 1. The van der Waals surface area contributed by atoms with Gasteiger partial charge in [-0.2, -0.15) is 0 Å². The summed E-state index contributed by atoms with van der Waals surface area (Å²) in [7, 11) is 0. The highest BCUT2D eigenvalue weighted by molar-refractivity contribution is 14.1. The topological polar surface area (TPSA) is 51.5 Å². The lowest BCUT2D eigenvalue weighted by molar-refractivity contribution is 0.0921. The summed E-state index contributed by atoms with van der Waals surface area (Å²) in [6.45, 7) is 6.66. The van der Waals surface area contributed by atoms with Crippen LogP contribution in [0.1, 0.15) is 42.8 Å². The van der Waals surface area contributed by atoms with Crippen molar-refractivity contribution in [3.05, 3.63) is 56.9 Å². The molecule has 1 aromatic carbocycles. The molecule has 0 spiro atoms. The van der Waals surface area contributed by atoms with Gasteiger partial charge in [-0.05, 0) is 47.7 Å². The van der Waals surface area contributed by atoms with E-state index < -0.39 is 0 Å². The number of unbranched alkanes of at least 4 members (excludes halogenated alkanes) is 1. The van der Waals surface area contributed by atoms with Gasteiger partial charge >= 0.3 is 0 Å². The van der Waals surface area contributed by atoms with Crippen molar-refractivity contribution in [3.8, 4) is 0 Å². The summed E-state index contributed by atoms with van der Waals surface area (Å²) in [5.74, 6) is 0.847.